The zero-order valence-corrected chi connectivity index (χ0v) is 15.6. The van der Waals surface area contributed by atoms with Crippen molar-refractivity contribution < 1.29 is 18.8 Å². The number of benzene rings is 1. The second-order valence-electron chi connectivity index (χ2n) is 6.64. The van der Waals surface area contributed by atoms with Gasteiger partial charge in [-0.15, -0.1) is 0 Å². The van der Waals surface area contributed by atoms with Gasteiger partial charge < -0.3 is 18.9 Å². The summed E-state index contributed by atoms with van der Waals surface area (Å²) in [5.41, 5.74) is 2.20. The van der Waals surface area contributed by atoms with Crippen LogP contribution in [0.1, 0.15) is 40.7 Å². The second kappa shape index (κ2) is 8.12. The molecule has 1 aromatic carbocycles. The molecule has 1 aliphatic heterocycles. The van der Waals surface area contributed by atoms with Crippen molar-refractivity contribution in [2.45, 2.75) is 32.9 Å². The first kappa shape index (κ1) is 18.0. The molecule has 4 rings (SSSR count). The molecule has 0 N–H and O–H groups in total. The van der Waals surface area contributed by atoms with Gasteiger partial charge in [-0.3, -0.25) is 9.78 Å². The number of fused-ring (bicyclic) bond motifs is 1. The average molecular weight is 379 g/mol. The van der Waals surface area contributed by atoms with Crippen LogP contribution in [0.15, 0.2) is 53.3 Å². The van der Waals surface area contributed by atoms with E-state index < -0.39 is 0 Å². The lowest BCUT2D eigenvalue weighted by molar-refractivity contribution is 0.0719. The van der Waals surface area contributed by atoms with Crippen molar-refractivity contribution >= 4 is 5.91 Å². The van der Waals surface area contributed by atoms with Gasteiger partial charge in [-0.2, -0.15) is 0 Å². The van der Waals surface area contributed by atoms with Crippen LogP contribution in [-0.2, 0) is 19.5 Å². The Morgan fingerprint density at radius 3 is 2.79 bits per heavy atom. The minimum absolute atomic E-state index is 0.187. The first-order valence-electron chi connectivity index (χ1n) is 9.25. The predicted octanol–water partition coefficient (Wildman–Crippen LogP) is 3.59. The highest BCUT2D eigenvalue weighted by molar-refractivity contribution is 5.92. The quantitative estimate of drug-likeness (QED) is 0.624. The monoisotopic (exact) mass is 379 g/mol. The molecule has 7 nitrogen and oxygen atoms in total. The Hall–Kier alpha value is -3.35. The predicted molar refractivity (Wildman–Crippen MR) is 101 cm³/mol. The number of amides is 1. The smallest absolute Gasteiger partial charge is 0.276 e. The molecule has 0 fully saturated rings. The lowest BCUT2D eigenvalue weighted by Crippen LogP contribution is -2.30. The normalized spacial score (nSPS) is 12.2. The van der Waals surface area contributed by atoms with Gasteiger partial charge in [0.05, 0.1) is 0 Å². The third-order valence-corrected chi connectivity index (χ3v) is 4.47. The molecule has 7 heteroatoms. The van der Waals surface area contributed by atoms with E-state index in [1.54, 1.807) is 23.4 Å². The molecule has 0 radical (unpaired) electrons. The molecule has 3 aromatic rings. The molecule has 3 heterocycles. The lowest BCUT2D eigenvalue weighted by atomic mass is 10.1. The van der Waals surface area contributed by atoms with E-state index >= 15 is 0 Å². The summed E-state index contributed by atoms with van der Waals surface area (Å²) >= 11 is 0. The average Bonchev–Trinajstić information content (AvgIpc) is 3.37. The number of carbonyl (C=O) groups is 1. The second-order valence-corrected chi connectivity index (χ2v) is 6.64. The van der Waals surface area contributed by atoms with Gasteiger partial charge in [0.1, 0.15) is 5.76 Å². The lowest BCUT2D eigenvalue weighted by Gasteiger charge is -2.22. The number of rotatable bonds is 7. The van der Waals surface area contributed by atoms with Crippen LogP contribution in [0.4, 0.5) is 0 Å². The number of pyridine rings is 1. The first-order valence-corrected chi connectivity index (χ1v) is 9.25. The van der Waals surface area contributed by atoms with E-state index in [1.165, 1.54) is 0 Å². The molecule has 0 saturated carbocycles. The summed E-state index contributed by atoms with van der Waals surface area (Å²) < 4.78 is 16.1. The summed E-state index contributed by atoms with van der Waals surface area (Å²) in [7, 11) is 0. The number of nitrogens with zero attached hydrogens (tertiary/aromatic N) is 3. The Morgan fingerprint density at radius 1 is 1.11 bits per heavy atom. The van der Waals surface area contributed by atoms with E-state index in [-0.39, 0.29) is 12.7 Å². The van der Waals surface area contributed by atoms with Crippen molar-refractivity contribution in [1.29, 1.82) is 0 Å². The van der Waals surface area contributed by atoms with Gasteiger partial charge in [-0.25, -0.2) is 0 Å². The van der Waals surface area contributed by atoms with E-state index in [0.717, 1.165) is 35.5 Å². The van der Waals surface area contributed by atoms with Crippen molar-refractivity contribution in [2.24, 2.45) is 0 Å². The maximum atomic E-state index is 13.1. The van der Waals surface area contributed by atoms with Crippen LogP contribution < -0.4 is 9.47 Å². The van der Waals surface area contributed by atoms with E-state index in [2.05, 4.69) is 17.1 Å². The Balaban J connectivity index is 1.58. The molecule has 0 bridgehead atoms. The minimum atomic E-state index is -0.187. The van der Waals surface area contributed by atoms with Crippen molar-refractivity contribution in [3.63, 3.8) is 0 Å². The molecular formula is C21H21N3O4. The molecule has 2 aromatic heterocycles. The maximum Gasteiger partial charge on any atom is 0.276 e. The molecule has 1 amide bonds. The third kappa shape index (κ3) is 3.98. The number of aryl methyl sites for hydroxylation is 1. The molecule has 0 aliphatic carbocycles. The summed E-state index contributed by atoms with van der Waals surface area (Å²) in [5, 5.41) is 3.97. The first-order chi connectivity index (χ1) is 13.7. The van der Waals surface area contributed by atoms with E-state index in [4.69, 9.17) is 14.0 Å². The van der Waals surface area contributed by atoms with Gasteiger partial charge >= 0.3 is 0 Å². The molecule has 144 valence electrons. The topological polar surface area (TPSA) is 77.7 Å². The fourth-order valence-corrected chi connectivity index (χ4v) is 3.11. The van der Waals surface area contributed by atoms with Gasteiger partial charge in [0.15, 0.2) is 17.2 Å². The summed E-state index contributed by atoms with van der Waals surface area (Å²) in [5.74, 6) is 1.94. The molecule has 0 spiro atoms. The fourth-order valence-electron chi connectivity index (χ4n) is 3.11. The molecule has 0 unspecified atom stereocenters. The highest BCUT2D eigenvalue weighted by Crippen LogP contribution is 2.33. The zero-order chi connectivity index (χ0) is 19.3. The Kier molecular flexibility index (Phi) is 5.23. The summed E-state index contributed by atoms with van der Waals surface area (Å²) in [4.78, 5) is 19.0. The summed E-state index contributed by atoms with van der Waals surface area (Å²) in [6.07, 6.45) is 5.15. The Labute approximate surface area is 162 Å². The molecule has 0 atom stereocenters. The van der Waals surface area contributed by atoms with Crippen LogP contribution in [0.2, 0.25) is 0 Å². The van der Waals surface area contributed by atoms with Gasteiger partial charge in [0.25, 0.3) is 5.91 Å². The molecule has 0 saturated heterocycles. The highest BCUT2D eigenvalue weighted by atomic mass is 16.7. The number of aromatic nitrogens is 2. The van der Waals surface area contributed by atoms with Crippen LogP contribution >= 0.6 is 0 Å². The number of hydrogen-bond acceptors (Lipinski definition) is 6. The largest absolute Gasteiger partial charge is 0.454 e. The number of ether oxygens (including phenoxy) is 2. The van der Waals surface area contributed by atoms with E-state index in [1.807, 2.05) is 30.3 Å². The molecule has 1 aliphatic rings. The number of carbonyl (C=O) groups excluding carboxylic acids is 1. The van der Waals surface area contributed by atoms with E-state index in [9.17, 15) is 4.79 Å². The fraction of sp³-hybridized carbons (Fsp3) is 0.286. The summed E-state index contributed by atoms with van der Waals surface area (Å²) in [6.45, 7) is 3.09. The van der Waals surface area contributed by atoms with E-state index in [0.29, 0.717) is 24.5 Å². The van der Waals surface area contributed by atoms with Crippen LogP contribution in [-0.4, -0.2) is 27.7 Å². The third-order valence-electron chi connectivity index (χ3n) is 4.47. The minimum Gasteiger partial charge on any atom is -0.454 e. The van der Waals surface area contributed by atoms with Crippen molar-refractivity contribution in [3.05, 3.63) is 71.4 Å². The summed E-state index contributed by atoms with van der Waals surface area (Å²) in [6, 6.07) is 11.2. The highest BCUT2D eigenvalue weighted by Gasteiger charge is 2.22. The maximum absolute atomic E-state index is 13.1. The van der Waals surface area contributed by atoms with Gasteiger partial charge in [-0.05, 0) is 35.7 Å². The standard InChI is InChI=1S/C21H21N3O4/c1-2-4-17-10-18(23-28-17)21(25)24(13-16-5-3-8-22-11-16)12-15-6-7-19-20(9-15)27-14-26-19/h3,5-11H,2,4,12-14H2,1H3. The zero-order valence-electron chi connectivity index (χ0n) is 15.6. The van der Waals surface area contributed by atoms with Gasteiger partial charge in [0, 0.05) is 38.0 Å². The van der Waals surface area contributed by atoms with Crippen molar-refractivity contribution in [1.82, 2.24) is 15.0 Å². The van der Waals surface area contributed by atoms with Crippen LogP contribution in [0.25, 0.3) is 0 Å². The SMILES string of the molecule is CCCc1cc(C(=O)N(Cc2cccnc2)Cc2ccc3c(c2)OCO3)no1. The number of hydrogen-bond donors (Lipinski definition) is 0. The van der Waals surface area contributed by atoms with Gasteiger partial charge in [0.2, 0.25) is 6.79 Å². The van der Waals surface area contributed by atoms with Crippen LogP contribution in [0, 0.1) is 0 Å². The molecular weight excluding hydrogens is 358 g/mol. The van der Waals surface area contributed by atoms with Crippen LogP contribution in [0.5, 0.6) is 11.5 Å². The Bertz CT molecular complexity index is 955. The van der Waals surface area contributed by atoms with Crippen LogP contribution in [0.3, 0.4) is 0 Å². The van der Waals surface area contributed by atoms with Crippen molar-refractivity contribution in [3.8, 4) is 11.5 Å². The van der Waals surface area contributed by atoms with Crippen molar-refractivity contribution in [2.75, 3.05) is 6.79 Å². The van der Waals surface area contributed by atoms with Gasteiger partial charge in [-0.1, -0.05) is 24.2 Å². The molecule has 28 heavy (non-hydrogen) atoms. The Morgan fingerprint density at radius 2 is 1.96 bits per heavy atom.